The molecule has 1 aliphatic carbocycles. The number of benzene rings is 4. The van der Waals surface area contributed by atoms with Crippen LogP contribution in [0.1, 0.15) is 96.3 Å². The molecule has 1 saturated carbocycles. The number of hydrogen-bond acceptors (Lipinski definition) is 14. The Morgan fingerprint density at radius 2 is 0.824 bits per heavy atom. The van der Waals surface area contributed by atoms with Gasteiger partial charge in [-0.05, 0) is 83.0 Å². The summed E-state index contributed by atoms with van der Waals surface area (Å²) < 4.78 is 33.1. The molecular formula is C54H50N2O12. The zero-order chi connectivity index (χ0) is 48.2. The predicted octanol–water partition coefficient (Wildman–Crippen LogP) is 8.34. The highest BCUT2D eigenvalue weighted by Gasteiger charge is 2.57. The minimum absolute atomic E-state index is 0.0879. The monoisotopic (exact) mass is 918 g/mol. The summed E-state index contributed by atoms with van der Waals surface area (Å²) >= 11 is 0. The van der Waals surface area contributed by atoms with Crippen molar-refractivity contribution in [1.29, 1.82) is 0 Å². The molecule has 0 N–H and O–H groups in total. The molecule has 68 heavy (non-hydrogen) atoms. The van der Waals surface area contributed by atoms with E-state index >= 15 is 0 Å². The Kier molecular flexibility index (Phi) is 11.5. The first-order chi connectivity index (χ1) is 32.5. The number of hydrogen-bond donors (Lipinski definition) is 0. The molecule has 4 heterocycles. The van der Waals surface area contributed by atoms with E-state index in [1.165, 1.54) is 26.4 Å². The van der Waals surface area contributed by atoms with E-state index in [1.54, 1.807) is 36.4 Å². The molecule has 14 heteroatoms. The maximum Gasteiger partial charge on any atom is 0.348 e. The number of nitrogens with zero attached hydrogens (tertiary/aromatic N) is 2. The zero-order valence-corrected chi connectivity index (χ0v) is 38.6. The first kappa shape index (κ1) is 45.4. The Hall–Kier alpha value is -7.74. The zero-order valence-electron chi connectivity index (χ0n) is 38.6. The number of carbonyl (C=O) groups is 6. The van der Waals surface area contributed by atoms with Crippen LogP contribution in [0.25, 0.3) is 0 Å². The van der Waals surface area contributed by atoms with Gasteiger partial charge in [-0.1, -0.05) is 88.4 Å². The minimum atomic E-state index is -1.65. The van der Waals surface area contributed by atoms with Crippen LogP contribution in [0.4, 0.5) is 11.4 Å². The average molecular weight is 919 g/mol. The van der Waals surface area contributed by atoms with E-state index < -0.39 is 58.2 Å². The molecule has 4 aromatic rings. The number of anilines is 2. The number of esters is 6. The van der Waals surface area contributed by atoms with Crippen LogP contribution in [0.2, 0.25) is 0 Å². The SMILES string of the molecule is COC(=O)c1ccc(CN2/C(=C/C=C3C(=O)OC4(CCC5(CC4)OC(=O)C(=C/C=C4/N(Cc6ccc(C(=O)OC)cc6)c6ccccc6C4(C)C)C(=O)O5)OC3=O)C(C)(C)c3ccccc32)cc1. The molecule has 4 aliphatic heterocycles. The number of rotatable bonds is 8. The fourth-order valence-electron chi connectivity index (χ4n) is 9.84. The number of ether oxygens (including phenoxy) is 6. The summed E-state index contributed by atoms with van der Waals surface area (Å²) in [5, 5.41) is 0. The molecule has 5 aliphatic rings. The Labute approximate surface area is 393 Å². The molecule has 2 saturated heterocycles. The van der Waals surface area contributed by atoms with Gasteiger partial charge in [-0.15, -0.1) is 0 Å². The number of carbonyl (C=O) groups excluding carboxylic acids is 6. The smallest absolute Gasteiger partial charge is 0.348 e. The van der Waals surface area contributed by atoms with Crippen molar-refractivity contribution in [3.05, 3.63) is 177 Å². The van der Waals surface area contributed by atoms with Gasteiger partial charge in [0.2, 0.25) is 0 Å². The number of para-hydroxylation sites is 2. The first-order valence-electron chi connectivity index (χ1n) is 22.3. The van der Waals surface area contributed by atoms with Crippen LogP contribution in [0.3, 0.4) is 0 Å². The lowest BCUT2D eigenvalue weighted by molar-refractivity contribution is -0.291. The number of fused-ring (bicyclic) bond motifs is 2. The Morgan fingerprint density at radius 1 is 0.500 bits per heavy atom. The van der Waals surface area contributed by atoms with Crippen LogP contribution in [0, 0.1) is 0 Å². The molecule has 2 spiro atoms. The van der Waals surface area contributed by atoms with Crippen molar-refractivity contribution in [3.8, 4) is 0 Å². The highest BCUT2D eigenvalue weighted by Crippen LogP contribution is 2.51. The van der Waals surface area contributed by atoms with Crippen LogP contribution in [-0.2, 0) is 71.5 Å². The fourth-order valence-corrected chi connectivity index (χ4v) is 9.84. The lowest BCUT2D eigenvalue weighted by Gasteiger charge is -2.46. The van der Waals surface area contributed by atoms with E-state index in [0.29, 0.717) is 24.2 Å². The number of methoxy groups -OCH3 is 2. The van der Waals surface area contributed by atoms with Crippen molar-refractivity contribution >= 4 is 47.2 Å². The minimum Gasteiger partial charge on any atom is -0.465 e. The second-order valence-corrected chi connectivity index (χ2v) is 18.5. The van der Waals surface area contributed by atoms with Gasteiger partial charge < -0.3 is 38.2 Å². The molecule has 3 fully saturated rings. The van der Waals surface area contributed by atoms with E-state index in [-0.39, 0.29) is 36.8 Å². The van der Waals surface area contributed by atoms with Crippen molar-refractivity contribution in [2.24, 2.45) is 0 Å². The molecule has 0 aromatic heterocycles. The molecule has 0 atom stereocenters. The van der Waals surface area contributed by atoms with Crippen molar-refractivity contribution in [2.45, 2.75) is 88.9 Å². The summed E-state index contributed by atoms with van der Waals surface area (Å²) in [7, 11) is 2.66. The highest BCUT2D eigenvalue weighted by atomic mass is 16.8. The van der Waals surface area contributed by atoms with Gasteiger partial charge in [0.05, 0.1) is 25.3 Å². The summed E-state index contributed by atoms with van der Waals surface area (Å²) in [5.41, 5.74) is 6.71. The third-order valence-corrected chi connectivity index (χ3v) is 13.6. The summed E-state index contributed by atoms with van der Waals surface area (Å²) in [6.45, 7) is 9.10. The van der Waals surface area contributed by atoms with Gasteiger partial charge in [-0.2, -0.15) is 0 Å². The first-order valence-corrected chi connectivity index (χ1v) is 22.3. The maximum absolute atomic E-state index is 13.7. The van der Waals surface area contributed by atoms with E-state index in [4.69, 9.17) is 28.4 Å². The van der Waals surface area contributed by atoms with Crippen LogP contribution in [0.15, 0.2) is 144 Å². The molecule has 0 bridgehead atoms. The Morgan fingerprint density at radius 3 is 1.15 bits per heavy atom. The molecule has 0 radical (unpaired) electrons. The molecule has 4 aromatic carbocycles. The largest absolute Gasteiger partial charge is 0.465 e. The van der Waals surface area contributed by atoms with Crippen LogP contribution >= 0.6 is 0 Å². The Balaban J connectivity index is 0.889. The van der Waals surface area contributed by atoms with E-state index in [2.05, 4.69) is 37.5 Å². The highest BCUT2D eigenvalue weighted by molar-refractivity contribution is 6.16. The molecule has 0 unspecified atom stereocenters. The molecular weight excluding hydrogens is 869 g/mol. The van der Waals surface area contributed by atoms with E-state index in [9.17, 15) is 28.8 Å². The lowest BCUT2D eigenvalue weighted by atomic mass is 9.83. The third kappa shape index (κ3) is 8.03. The quantitative estimate of drug-likeness (QED) is 0.0717. The van der Waals surface area contributed by atoms with Gasteiger partial charge in [-0.3, -0.25) is 0 Å². The maximum atomic E-state index is 13.7. The van der Waals surface area contributed by atoms with Gasteiger partial charge in [0, 0.05) is 72.4 Å². The van der Waals surface area contributed by atoms with Gasteiger partial charge in [0.25, 0.3) is 11.6 Å². The van der Waals surface area contributed by atoms with E-state index in [0.717, 1.165) is 45.0 Å². The van der Waals surface area contributed by atoms with Crippen molar-refractivity contribution in [3.63, 3.8) is 0 Å². The van der Waals surface area contributed by atoms with Crippen molar-refractivity contribution in [1.82, 2.24) is 0 Å². The van der Waals surface area contributed by atoms with E-state index in [1.807, 2.05) is 72.8 Å². The lowest BCUT2D eigenvalue weighted by Crippen LogP contribution is -2.56. The fraction of sp³-hybridized carbons (Fsp3) is 0.296. The predicted molar refractivity (Wildman–Crippen MR) is 247 cm³/mol. The second kappa shape index (κ2) is 17.2. The standard InChI is InChI=1S/C54H50N2O12/c1-51(2)39-11-7-9-13-41(39)55(31-33-15-19-35(20-16-33)45(57)63-5)43(51)25-23-37-47(59)65-53(66-48(37)60)27-29-54(30-28-53)67-49(61)38(50(62)68-54)24-26-44-52(3,4)40-12-8-10-14-42(40)56(44)32-34-17-21-36(22-18-34)46(58)64-6/h7-26H,27-32H2,1-6H3/b37-23?,38-24?,43-25+,44-26+. The molecule has 14 nitrogen and oxygen atoms in total. The summed E-state index contributed by atoms with van der Waals surface area (Å²) in [4.78, 5) is 83.0. The molecule has 9 rings (SSSR count). The topological polar surface area (TPSA) is 164 Å². The second-order valence-electron chi connectivity index (χ2n) is 18.5. The third-order valence-electron chi connectivity index (χ3n) is 13.6. The van der Waals surface area contributed by atoms with Crippen molar-refractivity contribution in [2.75, 3.05) is 24.0 Å². The molecule has 348 valence electrons. The van der Waals surface area contributed by atoms with Gasteiger partial charge in [0.1, 0.15) is 11.1 Å². The summed E-state index contributed by atoms with van der Waals surface area (Å²) in [6.07, 6.45) is 5.94. The van der Waals surface area contributed by atoms with Gasteiger partial charge in [0.15, 0.2) is 0 Å². The van der Waals surface area contributed by atoms with Gasteiger partial charge >= 0.3 is 35.8 Å². The normalized spacial score (nSPS) is 23.4. The summed E-state index contributed by atoms with van der Waals surface area (Å²) in [5.74, 6) is -7.64. The average Bonchev–Trinajstić information content (AvgIpc) is 3.67. The van der Waals surface area contributed by atoms with Crippen LogP contribution < -0.4 is 9.80 Å². The Bertz CT molecular complexity index is 2650. The summed E-state index contributed by atoms with van der Waals surface area (Å²) in [6, 6.07) is 30.1. The number of allylic oxidation sites excluding steroid dienone is 6. The molecule has 0 amide bonds. The van der Waals surface area contributed by atoms with Crippen molar-refractivity contribution < 1.29 is 57.2 Å². The van der Waals surface area contributed by atoms with Crippen LogP contribution in [-0.4, -0.2) is 61.6 Å². The van der Waals surface area contributed by atoms with Gasteiger partial charge in [-0.25, -0.2) is 28.8 Å². The van der Waals surface area contributed by atoms with Crippen LogP contribution in [0.5, 0.6) is 0 Å².